The van der Waals surface area contributed by atoms with Crippen LogP contribution in [0, 0.1) is 0 Å². The Morgan fingerprint density at radius 3 is 2.54 bits per heavy atom. The summed E-state index contributed by atoms with van der Waals surface area (Å²) in [6.45, 7) is 0. The van der Waals surface area contributed by atoms with Crippen molar-refractivity contribution in [3.05, 3.63) is 58.9 Å². The third kappa shape index (κ3) is 4.53. The van der Waals surface area contributed by atoms with Gasteiger partial charge in [0.05, 0.1) is 24.8 Å². The highest BCUT2D eigenvalue weighted by Crippen LogP contribution is 2.26. The average Bonchev–Trinajstić information content (AvgIpc) is 3.03. The van der Waals surface area contributed by atoms with E-state index in [1.807, 2.05) is 6.07 Å². The summed E-state index contributed by atoms with van der Waals surface area (Å²) < 4.78 is 35.3. The molecule has 0 radical (unpaired) electrons. The van der Waals surface area contributed by atoms with Crippen LogP contribution in [-0.4, -0.2) is 31.9 Å². The van der Waals surface area contributed by atoms with Crippen molar-refractivity contribution >= 4 is 27.3 Å². The number of methoxy groups -OCH3 is 1. The van der Waals surface area contributed by atoms with Crippen LogP contribution in [0.1, 0.15) is 11.5 Å². The van der Waals surface area contributed by atoms with Gasteiger partial charge in [-0.2, -0.15) is 4.98 Å². The molecule has 3 rings (SSSR count). The number of sulfonamides is 1. The second kappa shape index (κ2) is 7.35. The summed E-state index contributed by atoms with van der Waals surface area (Å²) >= 11 is 6.12. The minimum absolute atomic E-state index is 0.422. The molecule has 26 heavy (non-hydrogen) atoms. The van der Waals surface area contributed by atoms with Crippen molar-refractivity contribution in [2.75, 3.05) is 18.1 Å². The fourth-order valence-electron chi connectivity index (χ4n) is 2.34. The van der Waals surface area contributed by atoms with Gasteiger partial charge in [-0.1, -0.05) is 22.8 Å². The van der Waals surface area contributed by atoms with Crippen molar-refractivity contribution in [1.82, 2.24) is 10.1 Å². The highest BCUT2D eigenvalue weighted by atomic mass is 35.5. The summed E-state index contributed by atoms with van der Waals surface area (Å²) in [7, 11) is -1.76. The fourth-order valence-corrected chi connectivity index (χ4v) is 3.18. The van der Waals surface area contributed by atoms with E-state index in [-0.39, 0.29) is 0 Å². The van der Waals surface area contributed by atoms with E-state index >= 15 is 0 Å². The molecule has 1 heterocycles. The molecule has 0 saturated carbocycles. The zero-order chi connectivity index (χ0) is 18.7. The lowest BCUT2D eigenvalue weighted by Gasteiger charge is -2.04. The molecule has 0 spiro atoms. The number of hydrogen-bond donors (Lipinski definition) is 1. The maximum absolute atomic E-state index is 11.2. The molecule has 0 saturated heterocycles. The van der Waals surface area contributed by atoms with Crippen LogP contribution in [0.25, 0.3) is 11.4 Å². The van der Waals surface area contributed by atoms with Crippen LogP contribution in [0.5, 0.6) is 5.75 Å². The van der Waals surface area contributed by atoms with Crippen molar-refractivity contribution in [2.45, 2.75) is 6.42 Å². The quantitative estimate of drug-likeness (QED) is 0.690. The van der Waals surface area contributed by atoms with Gasteiger partial charge in [0.2, 0.25) is 21.7 Å². The van der Waals surface area contributed by atoms with Gasteiger partial charge in [0.25, 0.3) is 0 Å². The van der Waals surface area contributed by atoms with Crippen LogP contribution in [0.2, 0.25) is 5.02 Å². The number of aromatic nitrogens is 2. The minimum atomic E-state index is -3.31. The van der Waals surface area contributed by atoms with Crippen LogP contribution in [0.15, 0.2) is 47.0 Å². The molecule has 0 unspecified atom stereocenters. The maximum atomic E-state index is 11.2. The number of halogens is 1. The molecular weight excluding hydrogens is 378 g/mol. The number of benzene rings is 2. The topological polar surface area (TPSA) is 94.3 Å². The zero-order valence-corrected chi connectivity index (χ0v) is 15.6. The molecule has 0 aliphatic carbocycles. The molecule has 0 aliphatic rings. The number of nitrogens with one attached hydrogen (secondary N) is 1. The van der Waals surface area contributed by atoms with E-state index in [1.165, 1.54) is 0 Å². The number of nitrogens with zero attached hydrogens (tertiary/aromatic N) is 2. The molecule has 9 heteroatoms. The summed E-state index contributed by atoms with van der Waals surface area (Å²) in [5.41, 5.74) is 2.10. The Labute approximate surface area is 156 Å². The molecular formula is C17H16ClN3O4S. The third-order valence-corrected chi connectivity index (χ3v) is 4.39. The Morgan fingerprint density at radius 1 is 1.19 bits per heavy atom. The van der Waals surface area contributed by atoms with Gasteiger partial charge in [-0.3, -0.25) is 4.72 Å². The molecule has 3 aromatic rings. The molecule has 0 amide bonds. The second-order valence-electron chi connectivity index (χ2n) is 5.61. The van der Waals surface area contributed by atoms with E-state index in [1.54, 1.807) is 43.5 Å². The highest BCUT2D eigenvalue weighted by molar-refractivity contribution is 7.92. The smallest absolute Gasteiger partial charge is 0.231 e. The van der Waals surface area contributed by atoms with E-state index in [0.29, 0.717) is 40.2 Å². The molecule has 0 fully saturated rings. The first-order valence-corrected chi connectivity index (χ1v) is 9.84. The highest BCUT2D eigenvalue weighted by Gasteiger charge is 2.11. The number of ether oxygens (including phenoxy) is 1. The van der Waals surface area contributed by atoms with E-state index in [0.717, 1.165) is 11.8 Å². The van der Waals surface area contributed by atoms with Crippen LogP contribution < -0.4 is 9.46 Å². The Bertz CT molecular complexity index is 1020. The van der Waals surface area contributed by atoms with Crippen molar-refractivity contribution in [1.29, 1.82) is 0 Å². The largest absolute Gasteiger partial charge is 0.495 e. The van der Waals surface area contributed by atoms with E-state index < -0.39 is 10.0 Å². The summed E-state index contributed by atoms with van der Waals surface area (Å²) in [4.78, 5) is 4.36. The molecule has 1 aromatic heterocycles. The van der Waals surface area contributed by atoms with Gasteiger partial charge in [-0.15, -0.1) is 0 Å². The Hall–Kier alpha value is -2.58. The first-order valence-electron chi connectivity index (χ1n) is 7.57. The van der Waals surface area contributed by atoms with Crippen LogP contribution in [0.3, 0.4) is 0 Å². The first-order chi connectivity index (χ1) is 12.3. The number of hydrogen-bond acceptors (Lipinski definition) is 6. The molecule has 7 nitrogen and oxygen atoms in total. The van der Waals surface area contributed by atoms with E-state index in [9.17, 15) is 8.42 Å². The summed E-state index contributed by atoms with van der Waals surface area (Å²) in [6.07, 6.45) is 1.53. The van der Waals surface area contributed by atoms with E-state index in [4.69, 9.17) is 20.9 Å². The molecule has 136 valence electrons. The van der Waals surface area contributed by atoms with Gasteiger partial charge >= 0.3 is 0 Å². The summed E-state index contributed by atoms with van der Waals surface area (Å²) in [6, 6.07) is 12.1. The summed E-state index contributed by atoms with van der Waals surface area (Å²) in [5.74, 6) is 1.47. The molecule has 2 aromatic carbocycles. The first kappa shape index (κ1) is 18.2. The number of rotatable bonds is 6. The zero-order valence-electron chi connectivity index (χ0n) is 14.1. The average molecular weight is 394 g/mol. The van der Waals surface area contributed by atoms with Crippen LogP contribution >= 0.6 is 11.6 Å². The normalized spacial score (nSPS) is 11.3. The Morgan fingerprint density at radius 2 is 1.92 bits per heavy atom. The third-order valence-electron chi connectivity index (χ3n) is 3.49. The lowest BCUT2D eigenvalue weighted by molar-refractivity contribution is 0.385. The van der Waals surface area contributed by atoms with Crippen molar-refractivity contribution < 1.29 is 17.7 Å². The molecule has 1 N–H and O–H groups in total. The van der Waals surface area contributed by atoms with Gasteiger partial charge in [0, 0.05) is 11.3 Å². The number of anilines is 1. The van der Waals surface area contributed by atoms with E-state index in [2.05, 4.69) is 14.9 Å². The van der Waals surface area contributed by atoms with Gasteiger partial charge in [0.1, 0.15) is 5.75 Å². The predicted octanol–water partition coefficient (Wildman–Crippen LogP) is 3.36. The van der Waals surface area contributed by atoms with Gasteiger partial charge in [-0.25, -0.2) is 8.42 Å². The monoisotopic (exact) mass is 393 g/mol. The van der Waals surface area contributed by atoms with Crippen molar-refractivity contribution in [2.24, 2.45) is 0 Å². The Balaban J connectivity index is 1.74. The van der Waals surface area contributed by atoms with Crippen molar-refractivity contribution in [3.8, 4) is 17.1 Å². The molecule has 0 atom stereocenters. The fraction of sp³-hybridized carbons (Fsp3) is 0.176. The predicted molar refractivity (Wildman–Crippen MR) is 99.0 cm³/mol. The van der Waals surface area contributed by atoms with Crippen molar-refractivity contribution in [3.63, 3.8) is 0 Å². The standard InChI is InChI=1S/C17H16ClN3O4S/c1-24-15-8-3-11(9-14(15)18)10-16-19-17(20-25-16)12-4-6-13(7-5-12)21-26(2,22)23/h3-9,21H,10H2,1-2H3. The van der Waals surface area contributed by atoms with Gasteiger partial charge in [0.15, 0.2) is 0 Å². The Kier molecular flexibility index (Phi) is 5.15. The van der Waals surface area contributed by atoms with Gasteiger partial charge < -0.3 is 9.26 Å². The minimum Gasteiger partial charge on any atom is -0.495 e. The van der Waals surface area contributed by atoms with Crippen LogP contribution in [-0.2, 0) is 16.4 Å². The summed E-state index contributed by atoms with van der Waals surface area (Å²) in [5, 5.41) is 4.47. The molecule has 0 bridgehead atoms. The van der Waals surface area contributed by atoms with Gasteiger partial charge in [-0.05, 0) is 42.0 Å². The second-order valence-corrected chi connectivity index (χ2v) is 7.76. The maximum Gasteiger partial charge on any atom is 0.231 e. The lowest BCUT2D eigenvalue weighted by atomic mass is 10.1. The van der Waals surface area contributed by atoms with Crippen LogP contribution in [0.4, 0.5) is 5.69 Å². The lowest BCUT2D eigenvalue weighted by Crippen LogP contribution is -2.09. The molecule has 0 aliphatic heterocycles. The SMILES string of the molecule is COc1ccc(Cc2nc(-c3ccc(NS(C)(=O)=O)cc3)no2)cc1Cl.